The Morgan fingerprint density at radius 2 is 1.95 bits per heavy atom. The van der Waals surface area contributed by atoms with Crippen LogP contribution in [0.4, 0.5) is 10.2 Å². The van der Waals surface area contributed by atoms with E-state index in [9.17, 15) is 14.0 Å². The number of hydrogen-bond acceptors (Lipinski definition) is 8. The predicted octanol–water partition coefficient (Wildman–Crippen LogP) is 2.75. The molecule has 6 rings (SSSR count). The zero-order valence-corrected chi connectivity index (χ0v) is 21.8. The van der Waals surface area contributed by atoms with Gasteiger partial charge in [0.15, 0.2) is 11.2 Å². The van der Waals surface area contributed by atoms with Crippen LogP contribution in [0.15, 0.2) is 34.3 Å². The number of carbonyl (C=O) groups is 1. The summed E-state index contributed by atoms with van der Waals surface area (Å²) >= 11 is 5.97. The second-order valence-corrected chi connectivity index (χ2v) is 10.4. The van der Waals surface area contributed by atoms with Gasteiger partial charge < -0.3 is 19.4 Å². The van der Waals surface area contributed by atoms with Crippen molar-refractivity contribution in [1.82, 2.24) is 19.3 Å². The average Bonchev–Trinajstić information content (AvgIpc) is 3.56. The molecule has 3 aliphatic heterocycles. The number of benzene rings is 1. The molecule has 0 N–H and O–H groups in total. The van der Waals surface area contributed by atoms with E-state index in [2.05, 4.69) is 10.1 Å². The number of amides is 1. The molecule has 2 fully saturated rings. The first-order valence-electron chi connectivity index (χ1n) is 12.5. The van der Waals surface area contributed by atoms with Crippen molar-refractivity contribution in [3.05, 3.63) is 56.8 Å². The number of piperazine rings is 1. The molecular formula is C26H26ClFN6O4. The maximum absolute atomic E-state index is 15.0. The number of ether oxygens (including phenoxy) is 1. The van der Waals surface area contributed by atoms with E-state index in [-0.39, 0.29) is 33.4 Å². The van der Waals surface area contributed by atoms with Crippen LogP contribution in [-0.4, -0.2) is 75.9 Å². The lowest BCUT2D eigenvalue weighted by atomic mass is 9.96. The van der Waals surface area contributed by atoms with E-state index in [0.717, 1.165) is 6.42 Å². The quantitative estimate of drug-likeness (QED) is 0.503. The lowest BCUT2D eigenvalue weighted by Crippen LogP contribution is -2.51. The highest BCUT2D eigenvalue weighted by Crippen LogP contribution is 2.33. The van der Waals surface area contributed by atoms with Gasteiger partial charge in [0.2, 0.25) is 0 Å². The third kappa shape index (κ3) is 4.19. The number of nitrogens with zero attached hydrogens (tertiary/aromatic N) is 6. The molecule has 2 aromatic heterocycles. The van der Waals surface area contributed by atoms with Crippen LogP contribution in [0, 0.1) is 19.7 Å². The maximum atomic E-state index is 15.0. The van der Waals surface area contributed by atoms with Gasteiger partial charge in [-0.2, -0.15) is 0 Å². The van der Waals surface area contributed by atoms with Crippen LogP contribution in [-0.2, 0) is 14.4 Å². The number of aryl methyl sites for hydroxylation is 1. The summed E-state index contributed by atoms with van der Waals surface area (Å²) in [5.74, 6) is -0.211. The summed E-state index contributed by atoms with van der Waals surface area (Å²) in [7, 11) is 0. The zero-order valence-electron chi connectivity index (χ0n) is 21.0. The van der Waals surface area contributed by atoms with Gasteiger partial charge in [-0.3, -0.25) is 14.0 Å². The second kappa shape index (κ2) is 9.32. The van der Waals surface area contributed by atoms with E-state index in [1.54, 1.807) is 31.0 Å². The monoisotopic (exact) mass is 540 g/mol. The SMILES string of the molecule is Cc1nc2c(-c3ccc(Cl)cc3F)nc(N3CCN(C(=O)C4=NOC5(CCOC5)C4)CC3)cn2c(=O)c1C. The molecule has 0 radical (unpaired) electrons. The van der Waals surface area contributed by atoms with Crippen LogP contribution in [0.3, 0.4) is 0 Å². The van der Waals surface area contributed by atoms with Crippen LogP contribution >= 0.6 is 11.6 Å². The number of carbonyl (C=O) groups excluding carboxylic acids is 1. The molecule has 0 aliphatic carbocycles. The van der Waals surface area contributed by atoms with Gasteiger partial charge in [0.25, 0.3) is 11.5 Å². The highest BCUT2D eigenvalue weighted by molar-refractivity contribution is 6.39. The van der Waals surface area contributed by atoms with Crippen LogP contribution in [0.25, 0.3) is 16.9 Å². The number of oxime groups is 1. The van der Waals surface area contributed by atoms with Crippen molar-refractivity contribution >= 4 is 34.7 Å². The topological polar surface area (TPSA) is 102 Å². The summed E-state index contributed by atoms with van der Waals surface area (Å²) in [6.07, 6.45) is 2.80. The number of anilines is 1. The largest absolute Gasteiger partial charge is 0.386 e. The van der Waals surface area contributed by atoms with Crippen molar-refractivity contribution in [3.8, 4) is 11.3 Å². The molecule has 3 aromatic rings. The molecule has 0 saturated carbocycles. The third-order valence-electron chi connectivity index (χ3n) is 7.50. The Hall–Kier alpha value is -3.57. The Morgan fingerprint density at radius 3 is 2.66 bits per heavy atom. The summed E-state index contributed by atoms with van der Waals surface area (Å²) in [5, 5.41) is 4.33. The minimum Gasteiger partial charge on any atom is -0.386 e. The van der Waals surface area contributed by atoms with Crippen molar-refractivity contribution in [2.24, 2.45) is 5.16 Å². The minimum absolute atomic E-state index is 0.143. The van der Waals surface area contributed by atoms with Gasteiger partial charge >= 0.3 is 0 Å². The van der Waals surface area contributed by atoms with Gasteiger partial charge in [-0.15, -0.1) is 0 Å². The lowest BCUT2D eigenvalue weighted by molar-refractivity contribution is -0.124. The van der Waals surface area contributed by atoms with Crippen molar-refractivity contribution in [3.63, 3.8) is 0 Å². The van der Waals surface area contributed by atoms with Crippen molar-refractivity contribution < 1.29 is 18.8 Å². The Morgan fingerprint density at radius 1 is 1.16 bits per heavy atom. The molecule has 1 unspecified atom stereocenters. The van der Waals surface area contributed by atoms with E-state index in [1.165, 1.54) is 16.5 Å². The number of halogens is 2. The fraction of sp³-hybridized carbons (Fsp3) is 0.423. The van der Waals surface area contributed by atoms with Gasteiger partial charge in [-0.1, -0.05) is 16.8 Å². The van der Waals surface area contributed by atoms with Gasteiger partial charge in [0.1, 0.15) is 23.0 Å². The van der Waals surface area contributed by atoms with E-state index in [4.69, 9.17) is 26.2 Å². The van der Waals surface area contributed by atoms with Crippen LogP contribution in [0.5, 0.6) is 0 Å². The van der Waals surface area contributed by atoms with E-state index < -0.39 is 11.4 Å². The normalized spacial score (nSPS) is 21.3. The standard InChI is InChI=1S/C26H26ClFN6O4/c1-15-16(2)29-23-22(18-4-3-17(27)11-19(18)28)30-21(13-34(23)24(15)35)32-6-8-33(9-7-32)25(36)20-12-26(38-31-20)5-10-37-14-26/h3-4,11,13H,5-10,12,14H2,1-2H3. The lowest BCUT2D eigenvalue weighted by Gasteiger charge is -2.35. The summed E-state index contributed by atoms with van der Waals surface area (Å²) in [6.45, 7) is 6.32. The zero-order chi connectivity index (χ0) is 26.6. The average molecular weight is 541 g/mol. The molecule has 1 spiro atoms. The van der Waals surface area contributed by atoms with Gasteiger partial charge in [-0.05, 0) is 32.0 Å². The predicted molar refractivity (Wildman–Crippen MR) is 139 cm³/mol. The number of fused-ring (bicyclic) bond motifs is 1. The first kappa shape index (κ1) is 24.7. The summed E-state index contributed by atoms with van der Waals surface area (Å²) in [5.41, 5.74) is 1.42. The van der Waals surface area contributed by atoms with Gasteiger partial charge in [-0.25, -0.2) is 14.4 Å². The molecule has 0 bridgehead atoms. The highest BCUT2D eigenvalue weighted by Gasteiger charge is 2.45. The fourth-order valence-corrected chi connectivity index (χ4v) is 5.25. The first-order chi connectivity index (χ1) is 18.2. The summed E-state index contributed by atoms with van der Waals surface area (Å²) < 4.78 is 21.8. The van der Waals surface area contributed by atoms with Crippen molar-refractivity contribution in [2.45, 2.75) is 32.3 Å². The third-order valence-corrected chi connectivity index (χ3v) is 7.73. The highest BCUT2D eigenvalue weighted by atomic mass is 35.5. The molecule has 10 nitrogen and oxygen atoms in total. The van der Waals surface area contributed by atoms with E-state index in [1.807, 2.05) is 4.90 Å². The molecule has 12 heteroatoms. The molecule has 1 atom stereocenters. The van der Waals surface area contributed by atoms with Gasteiger partial charge in [0, 0.05) is 60.9 Å². The molecule has 5 heterocycles. The Kier molecular flexibility index (Phi) is 6.07. The summed E-state index contributed by atoms with van der Waals surface area (Å²) in [6, 6.07) is 4.32. The molecule has 1 aromatic carbocycles. The first-order valence-corrected chi connectivity index (χ1v) is 12.9. The molecule has 2 saturated heterocycles. The van der Waals surface area contributed by atoms with E-state index >= 15 is 0 Å². The number of aromatic nitrogens is 3. The number of rotatable bonds is 3. The van der Waals surface area contributed by atoms with Crippen molar-refractivity contribution in [1.29, 1.82) is 0 Å². The molecule has 1 amide bonds. The molecule has 198 valence electrons. The second-order valence-electron chi connectivity index (χ2n) is 9.96. The minimum atomic E-state index is -0.558. The molecule has 38 heavy (non-hydrogen) atoms. The Bertz CT molecular complexity index is 1540. The van der Waals surface area contributed by atoms with Crippen LogP contribution in [0.2, 0.25) is 5.02 Å². The van der Waals surface area contributed by atoms with E-state index in [0.29, 0.717) is 68.6 Å². The number of hydrogen-bond donors (Lipinski definition) is 0. The molecule has 3 aliphatic rings. The maximum Gasteiger partial charge on any atom is 0.271 e. The summed E-state index contributed by atoms with van der Waals surface area (Å²) in [4.78, 5) is 44.9. The molecular weight excluding hydrogens is 515 g/mol. The Labute approximate surface area is 222 Å². The van der Waals surface area contributed by atoms with Gasteiger partial charge in [0.05, 0.1) is 19.4 Å². The van der Waals surface area contributed by atoms with Crippen molar-refractivity contribution in [2.75, 3.05) is 44.3 Å². The smallest absolute Gasteiger partial charge is 0.271 e. The van der Waals surface area contributed by atoms with Crippen LogP contribution in [0.1, 0.15) is 24.1 Å². The Balaban J connectivity index is 1.29. The van der Waals surface area contributed by atoms with Crippen LogP contribution < -0.4 is 10.5 Å². The fourth-order valence-electron chi connectivity index (χ4n) is 5.10.